The Labute approximate surface area is 238 Å². The molecule has 1 N–H and O–H groups in total. The average molecular weight is 564 g/mol. The maximum Gasteiger partial charge on any atom is 0.338 e. The van der Waals surface area contributed by atoms with E-state index < -0.39 is 12.0 Å². The number of hydrogen-bond donors (Lipinski definition) is 1. The van der Waals surface area contributed by atoms with Gasteiger partial charge >= 0.3 is 5.97 Å². The highest BCUT2D eigenvalue weighted by Gasteiger charge is 2.43. The van der Waals surface area contributed by atoms with Crippen LogP contribution in [0.15, 0.2) is 70.2 Å². The van der Waals surface area contributed by atoms with Crippen LogP contribution in [0.25, 0.3) is 5.70 Å². The third-order valence-corrected chi connectivity index (χ3v) is 7.87. The molecular formula is C30H33N3O6S. The highest BCUT2D eigenvalue weighted by atomic mass is 32.2. The lowest BCUT2D eigenvalue weighted by Gasteiger charge is -2.37. The van der Waals surface area contributed by atoms with Gasteiger partial charge in [-0.3, -0.25) is 4.79 Å². The summed E-state index contributed by atoms with van der Waals surface area (Å²) in [6.45, 7) is 3.17. The Morgan fingerprint density at radius 2 is 1.98 bits per heavy atom. The maximum absolute atomic E-state index is 13.7. The number of thioether (sulfide) groups is 1. The van der Waals surface area contributed by atoms with E-state index in [9.17, 15) is 9.59 Å². The second-order valence-electron chi connectivity index (χ2n) is 9.47. The molecule has 2 aromatic rings. The van der Waals surface area contributed by atoms with Crippen LogP contribution in [0.1, 0.15) is 43.4 Å². The molecule has 0 saturated carbocycles. The molecular weight excluding hydrogens is 530 g/mol. The molecule has 3 heterocycles. The van der Waals surface area contributed by atoms with Gasteiger partial charge in [-0.1, -0.05) is 42.1 Å². The van der Waals surface area contributed by atoms with Crippen LogP contribution >= 0.6 is 11.8 Å². The number of rotatable bonds is 10. The van der Waals surface area contributed by atoms with E-state index in [-0.39, 0.29) is 25.0 Å². The van der Waals surface area contributed by atoms with Crippen LogP contribution in [0.4, 0.5) is 0 Å². The van der Waals surface area contributed by atoms with Gasteiger partial charge in [0, 0.05) is 30.0 Å². The van der Waals surface area contributed by atoms with Crippen molar-refractivity contribution < 1.29 is 28.5 Å². The number of carbonyl (C=O) groups is 2. The first-order valence-electron chi connectivity index (χ1n) is 13.3. The molecule has 0 radical (unpaired) electrons. The van der Waals surface area contributed by atoms with Gasteiger partial charge in [-0.25, -0.2) is 9.79 Å². The molecule has 2 aromatic carbocycles. The summed E-state index contributed by atoms with van der Waals surface area (Å²) in [6, 6.07) is 14.3. The van der Waals surface area contributed by atoms with E-state index in [4.69, 9.17) is 23.9 Å². The van der Waals surface area contributed by atoms with Gasteiger partial charge in [-0.2, -0.15) is 0 Å². The minimum Gasteiger partial charge on any atom is -0.497 e. The number of esters is 1. The van der Waals surface area contributed by atoms with Crippen LogP contribution < -0.4 is 14.8 Å². The third-order valence-electron chi connectivity index (χ3n) is 6.98. The molecule has 40 heavy (non-hydrogen) atoms. The normalized spacial score (nSPS) is 20.0. The highest BCUT2D eigenvalue weighted by Crippen LogP contribution is 2.49. The summed E-state index contributed by atoms with van der Waals surface area (Å²) in [4.78, 5) is 33.7. The van der Waals surface area contributed by atoms with E-state index in [1.807, 2.05) is 52.8 Å². The van der Waals surface area contributed by atoms with E-state index in [0.29, 0.717) is 40.0 Å². The van der Waals surface area contributed by atoms with E-state index in [1.54, 1.807) is 27.2 Å². The summed E-state index contributed by atoms with van der Waals surface area (Å²) < 4.78 is 22.6. The molecule has 2 atom stereocenters. The quantitative estimate of drug-likeness (QED) is 0.417. The molecule has 3 aliphatic rings. The summed E-state index contributed by atoms with van der Waals surface area (Å²) in [7, 11) is 3.18. The lowest BCUT2D eigenvalue weighted by Crippen LogP contribution is -2.39. The minimum atomic E-state index is -0.681. The standard InChI is InChI=1S/C30H33N3O6S/c1-4-38-29(35)26-27(19-9-6-5-7-10-19)32-30-33(28(26)23-16-21(36-2)12-13-24(23)37-3)20(18-40-30)15-25(34)31-17-22-11-8-14-39-22/h5-7,9-10,12-13,16,18,22,28H,4,8,11,14-15,17H2,1-3H3,(H,31,34)/t22-,28+/m1/s1. The van der Waals surface area contributed by atoms with Crippen molar-refractivity contribution in [1.29, 1.82) is 0 Å². The number of nitrogens with one attached hydrogen (secondary N) is 1. The first kappa shape index (κ1) is 27.8. The third kappa shape index (κ3) is 5.73. The van der Waals surface area contributed by atoms with Gasteiger partial charge < -0.3 is 29.2 Å². The van der Waals surface area contributed by atoms with Gasteiger partial charge in [0.2, 0.25) is 5.91 Å². The van der Waals surface area contributed by atoms with Crippen LogP contribution in [0.3, 0.4) is 0 Å². The Morgan fingerprint density at radius 3 is 2.67 bits per heavy atom. The van der Waals surface area contributed by atoms with E-state index in [2.05, 4.69) is 5.32 Å². The number of aliphatic imine (C=N–C) groups is 1. The molecule has 1 fully saturated rings. The van der Waals surface area contributed by atoms with Crippen molar-refractivity contribution in [3.05, 3.63) is 76.3 Å². The van der Waals surface area contributed by atoms with Crippen LogP contribution in [0.2, 0.25) is 0 Å². The summed E-state index contributed by atoms with van der Waals surface area (Å²) in [5, 5.41) is 5.58. The first-order valence-corrected chi connectivity index (χ1v) is 14.2. The molecule has 10 heteroatoms. The second kappa shape index (κ2) is 12.6. The molecule has 9 nitrogen and oxygen atoms in total. The molecule has 3 aliphatic heterocycles. The number of ether oxygens (including phenoxy) is 4. The Bertz CT molecular complexity index is 1350. The molecule has 0 aliphatic carbocycles. The van der Waals surface area contributed by atoms with Crippen molar-refractivity contribution in [2.45, 2.75) is 38.3 Å². The van der Waals surface area contributed by atoms with Crippen molar-refractivity contribution >= 4 is 34.5 Å². The van der Waals surface area contributed by atoms with Gasteiger partial charge in [-0.05, 0) is 43.4 Å². The monoisotopic (exact) mass is 563 g/mol. The van der Waals surface area contributed by atoms with E-state index in [1.165, 1.54) is 11.8 Å². The lowest BCUT2D eigenvalue weighted by molar-refractivity contribution is -0.139. The van der Waals surface area contributed by atoms with E-state index >= 15 is 0 Å². The smallest absolute Gasteiger partial charge is 0.338 e. The summed E-state index contributed by atoms with van der Waals surface area (Å²) >= 11 is 1.42. The number of methoxy groups -OCH3 is 2. The SMILES string of the molecule is CCOC(=O)C1=C(c2ccccc2)N=C2SC=C(CC(=O)NC[C@H]3CCCO3)N2[C@H]1c1cc(OC)ccc1OC. The minimum absolute atomic E-state index is 0.0450. The van der Waals surface area contributed by atoms with Crippen LogP contribution in [-0.4, -0.2) is 62.0 Å². The van der Waals surface area contributed by atoms with Gasteiger partial charge in [-0.15, -0.1) is 0 Å². The van der Waals surface area contributed by atoms with Crippen molar-refractivity contribution in [2.24, 2.45) is 4.99 Å². The zero-order chi connectivity index (χ0) is 28.1. The van der Waals surface area contributed by atoms with Crippen LogP contribution in [0.5, 0.6) is 11.5 Å². The topological polar surface area (TPSA) is 98.7 Å². The van der Waals surface area contributed by atoms with Gasteiger partial charge in [0.1, 0.15) is 11.5 Å². The number of hydrogen-bond acceptors (Lipinski definition) is 9. The first-order chi connectivity index (χ1) is 19.5. The molecule has 1 amide bonds. The second-order valence-corrected chi connectivity index (χ2v) is 10.3. The molecule has 1 saturated heterocycles. The zero-order valence-corrected chi connectivity index (χ0v) is 23.7. The summed E-state index contributed by atoms with van der Waals surface area (Å²) in [6.07, 6.45) is 2.10. The summed E-state index contributed by atoms with van der Waals surface area (Å²) in [5.41, 5.74) is 3.07. The van der Waals surface area contributed by atoms with E-state index in [0.717, 1.165) is 30.7 Å². The van der Waals surface area contributed by atoms with Crippen molar-refractivity contribution in [3.63, 3.8) is 0 Å². The molecule has 0 unspecified atom stereocenters. The number of carbonyl (C=O) groups excluding carboxylic acids is 2. The van der Waals surface area contributed by atoms with Crippen molar-refractivity contribution in [2.75, 3.05) is 34.0 Å². The Kier molecular flexibility index (Phi) is 8.76. The predicted molar refractivity (Wildman–Crippen MR) is 154 cm³/mol. The van der Waals surface area contributed by atoms with Crippen molar-refractivity contribution in [1.82, 2.24) is 10.2 Å². The van der Waals surface area contributed by atoms with Crippen LogP contribution in [0, 0.1) is 0 Å². The fourth-order valence-corrected chi connectivity index (χ4v) is 6.01. The summed E-state index contributed by atoms with van der Waals surface area (Å²) in [5.74, 6) is 0.560. The fraction of sp³-hybridized carbons (Fsp3) is 0.367. The predicted octanol–water partition coefficient (Wildman–Crippen LogP) is 4.66. The van der Waals surface area contributed by atoms with Crippen LogP contribution in [-0.2, 0) is 19.1 Å². The molecule has 0 bridgehead atoms. The van der Waals surface area contributed by atoms with Crippen molar-refractivity contribution in [3.8, 4) is 11.5 Å². The number of amidine groups is 1. The number of nitrogens with zero attached hydrogens (tertiary/aromatic N) is 2. The largest absolute Gasteiger partial charge is 0.497 e. The lowest BCUT2D eigenvalue weighted by atomic mass is 9.90. The number of benzene rings is 2. The van der Waals surface area contributed by atoms with Gasteiger partial charge in [0.15, 0.2) is 5.17 Å². The Morgan fingerprint density at radius 1 is 1.15 bits per heavy atom. The maximum atomic E-state index is 13.7. The Balaban J connectivity index is 1.59. The van der Waals surface area contributed by atoms with Gasteiger partial charge in [0.05, 0.1) is 50.7 Å². The van der Waals surface area contributed by atoms with Gasteiger partial charge in [0.25, 0.3) is 0 Å². The molecule has 0 spiro atoms. The average Bonchev–Trinajstić information content (AvgIpc) is 3.65. The number of fused-ring (bicyclic) bond motifs is 1. The Hall–Kier alpha value is -3.76. The number of amides is 1. The zero-order valence-electron chi connectivity index (χ0n) is 22.8. The molecule has 0 aromatic heterocycles. The fourth-order valence-electron chi connectivity index (χ4n) is 5.10. The molecule has 5 rings (SSSR count). The molecule has 210 valence electrons. The highest BCUT2D eigenvalue weighted by molar-refractivity contribution is 8.16.